The topological polar surface area (TPSA) is 52.6 Å². The molecule has 0 aromatic rings. The third kappa shape index (κ3) is 3.80. The SMILES string of the molecule is C#CCC(CC=C=C(C)C)(C(=O)OC)C(=O)OC. The summed E-state index contributed by atoms with van der Waals surface area (Å²) in [5.41, 5.74) is 2.37. The molecule has 0 saturated carbocycles. The van der Waals surface area contributed by atoms with Crippen molar-refractivity contribution in [2.24, 2.45) is 5.41 Å². The van der Waals surface area contributed by atoms with Gasteiger partial charge in [-0.05, 0) is 25.5 Å². The van der Waals surface area contributed by atoms with E-state index >= 15 is 0 Å². The van der Waals surface area contributed by atoms with Crippen molar-refractivity contribution in [1.82, 2.24) is 0 Å². The number of hydrogen-bond donors (Lipinski definition) is 0. The molecule has 0 bridgehead atoms. The number of terminal acetylenes is 1. The molecule has 0 aromatic heterocycles. The van der Waals surface area contributed by atoms with Gasteiger partial charge in [0.05, 0.1) is 14.2 Å². The van der Waals surface area contributed by atoms with E-state index in [-0.39, 0.29) is 12.8 Å². The molecule has 4 nitrogen and oxygen atoms in total. The van der Waals surface area contributed by atoms with E-state index in [1.54, 1.807) is 6.08 Å². The second kappa shape index (κ2) is 7.37. The molecule has 0 rings (SSSR count). The van der Waals surface area contributed by atoms with Crippen LogP contribution in [-0.2, 0) is 19.1 Å². The van der Waals surface area contributed by atoms with Gasteiger partial charge in [-0.15, -0.1) is 18.1 Å². The van der Waals surface area contributed by atoms with Crippen molar-refractivity contribution in [3.05, 3.63) is 17.4 Å². The Morgan fingerprint density at radius 2 is 1.72 bits per heavy atom. The van der Waals surface area contributed by atoms with Crippen LogP contribution in [0.2, 0.25) is 0 Å². The Hall–Kier alpha value is -1.98. The first kappa shape index (κ1) is 16.0. The summed E-state index contributed by atoms with van der Waals surface area (Å²) < 4.78 is 9.32. The minimum atomic E-state index is -1.49. The van der Waals surface area contributed by atoms with E-state index in [1.807, 2.05) is 13.8 Å². The number of carbonyl (C=O) groups excluding carboxylic acids is 2. The average molecular weight is 250 g/mol. The summed E-state index contributed by atoms with van der Waals surface area (Å²) in [5.74, 6) is 0.930. The highest BCUT2D eigenvalue weighted by atomic mass is 16.5. The lowest BCUT2D eigenvalue weighted by atomic mass is 9.81. The molecular weight excluding hydrogens is 232 g/mol. The molecule has 0 atom stereocenters. The van der Waals surface area contributed by atoms with Gasteiger partial charge >= 0.3 is 11.9 Å². The quantitative estimate of drug-likeness (QED) is 0.323. The summed E-state index contributed by atoms with van der Waals surface area (Å²) in [6.45, 7) is 3.71. The first-order valence-corrected chi connectivity index (χ1v) is 5.43. The number of allylic oxidation sites excluding steroid dienone is 1. The lowest BCUT2D eigenvalue weighted by Crippen LogP contribution is -2.40. The zero-order chi connectivity index (χ0) is 14.2. The fourth-order valence-electron chi connectivity index (χ4n) is 1.46. The van der Waals surface area contributed by atoms with Gasteiger partial charge in [0.1, 0.15) is 0 Å². The predicted molar refractivity (Wildman–Crippen MR) is 67.5 cm³/mol. The molecule has 0 heterocycles. The molecule has 0 aliphatic heterocycles. The first-order chi connectivity index (χ1) is 8.44. The molecular formula is C14H18O4. The minimum Gasteiger partial charge on any atom is -0.468 e. The highest BCUT2D eigenvalue weighted by Crippen LogP contribution is 2.30. The van der Waals surface area contributed by atoms with Crippen LogP contribution in [0.25, 0.3) is 0 Å². The van der Waals surface area contributed by atoms with E-state index < -0.39 is 17.4 Å². The third-order valence-electron chi connectivity index (χ3n) is 2.40. The van der Waals surface area contributed by atoms with Crippen molar-refractivity contribution in [2.75, 3.05) is 14.2 Å². The molecule has 4 heteroatoms. The maximum absolute atomic E-state index is 11.8. The molecule has 0 N–H and O–H groups in total. The van der Waals surface area contributed by atoms with Crippen molar-refractivity contribution in [3.8, 4) is 12.3 Å². The number of carbonyl (C=O) groups is 2. The van der Waals surface area contributed by atoms with Crippen LogP contribution in [0.4, 0.5) is 0 Å². The minimum absolute atomic E-state index is 0.0761. The van der Waals surface area contributed by atoms with E-state index in [2.05, 4.69) is 21.1 Å². The smallest absolute Gasteiger partial charge is 0.324 e. The van der Waals surface area contributed by atoms with E-state index in [1.165, 1.54) is 14.2 Å². The maximum Gasteiger partial charge on any atom is 0.324 e. The molecule has 18 heavy (non-hydrogen) atoms. The largest absolute Gasteiger partial charge is 0.468 e. The number of ether oxygens (including phenoxy) is 2. The average Bonchev–Trinajstić information content (AvgIpc) is 2.35. The number of methoxy groups -OCH3 is 2. The lowest BCUT2D eigenvalue weighted by molar-refractivity contribution is -0.168. The summed E-state index contributed by atoms with van der Waals surface area (Å²) in [5, 5.41) is 0. The van der Waals surface area contributed by atoms with Gasteiger partial charge in [0.15, 0.2) is 5.41 Å². The van der Waals surface area contributed by atoms with Gasteiger partial charge in [-0.3, -0.25) is 9.59 Å². The van der Waals surface area contributed by atoms with Crippen LogP contribution in [0.15, 0.2) is 17.4 Å². The Bertz CT molecular complexity index is 400. The number of esters is 2. The molecule has 0 spiro atoms. The first-order valence-electron chi connectivity index (χ1n) is 5.43. The zero-order valence-electron chi connectivity index (χ0n) is 11.2. The Morgan fingerprint density at radius 3 is 2.06 bits per heavy atom. The summed E-state index contributed by atoms with van der Waals surface area (Å²) in [7, 11) is 2.42. The highest BCUT2D eigenvalue weighted by Gasteiger charge is 2.47. The van der Waals surface area contributed by atoms with Crippen LogP contribution in [0, 0.1) is 17.8 Å². The maximum atomic E-state index is 11.8. The van der Waals surface area contributed by atoms with Crippen molar-refractivity contribution < 1.29 is 19.1 Å². The van der Waals surface area contributed by atoms with E-state index in [9.17, 15) is 9.59 Å². The van der Waals surface area contributed by atoms with Crippen molar-refractivity contribution >= 4 is 11.9 Å². The summed E-state index contributed by atoms with van der Waals surface area (Å²) in [6, 6.07) is 0. The normalized spacial score (nSPS) is 9.72. The molecule has 0 aliphatic carbocycles. The fraction of sp³-hybridized carbons (Fsp3) is 0.500. The monoisotopic (exact) mass is 250 g/mol. The van der Waals surface area contributed by atoms with E-state index in [4.69, 9.17) is 6.42 Å². The van der Waals surface area contributed by atoms with Gasteiger partial charge in [-0.1, -0.05) is 0 Å². The Kier molecular flexibility index (Phi) is 6.56. The molecule has 0 saturated heterocycles. The third-order valence-corrected chi connectivity index (χ3v) is 2.40. The van der Waals surface area contributed by atoms with E-state index in [0.717, 1.165) is 5.57 Å². The standard InChI is InChI=1S/C14H18O4/c1-6-9-14(12(15)17-4,13(16)18-5)10-7-8-11(2)3/h1,7H,9-10H2,2-5H3. The molecule has 98 valence electrons. The summed E-state index contributed by atoms with van der Waals surface area (Å²) in [4.78, 5) is 23.7. The van der Waals surface area contributed by atoms with Crippen LogP contribution < -0.4 is 0 Å². The molecule has 0 amide bonds. The lowest BCUT2D eigenvalue weighted by Gasteiger charge is -2.24. The second-order valence-electron chi connectivity index (χ2n) is 4.00. The predicted octanol–water partition coefficient (Wildman–Crippen LogP) is 1.85. The van der Waals surface area contributed by atoms with Crippen molar-refractivity contribution in [3.63, 3.8) is 0 Å². The van der Waals surface area contributed by atoms with Crippen LogP contribution in [0.3, 0.4) is 0 Å². The summed E-state index contributed by atoms with van der Waals surface area (Å²) >= 11 is 0. The number of rotatable bonds is 5. The molecule has 0 aromatic carbocycles. The molecule has 0 unspecified atom stereocenters. The highest BCUT2D eigenvalue weighted by molar-refractivity contribution is 6.00. The van der Waals surface area contributed by atoms with Crippen molar-refractivity contribution in [1.29, 1.82) is 0 Å². The Balaban J connectivity index is 5.48. The van der Waals surface area contributed by atoms with Crippen LogP contribution in [0.5, 0.6) is 0 Å². The molecule has 0 radical (unpaired) electrons. The molecule has 0 fully saturated rings. The van der Waals surface area contributed by atoms with Gasteiger partial charge in [-0.2, -0.15) is 0 Å². The fourth-order valence-corrected chi connectivity index (χ4v) is 1.46. The van der Waals surface area contributed by atoms with Gasteiger partial charge in [0, 0.05) is 12.8 Å². The van der Waals surface area contributed by atoms with Gasteiger partial charge in [0.2, 0.25) is 0 Å². The van der Waals surface area contributed by atoms with Crippen LogP contribution >= 0.6 is 0 Å². The Labute approximate surface area is 108 Å². The van der Waals surface area contributed by atoms with E-state index in [0.29, 0.717) is 0 Å². The molecule has 0 aliphatic rings. The second-order valence-corrected chi connectivity index (χ2v) is 4.00. The number of hydrogen-bond acceptors (Lipinski definition) is 4. The summed E-state index contributed by atoms with van der Waals surface area (Å²) in [6.07, 6.45) is 6.85. The van der Waals surface area contributed by atoms with Gasteiger partial charge < -0.3 is 9.47 Å². The van der Waals surface area contributed by atoms with Crippen LogP contribution in [-0.4, -0.2) is 26.2 Å². The van der Waals surface area contributed by atoms with Gasteiger partial charge in [-0.25, -0.2) is 0 Å². The van der Waals surface area contributed by atoms with Crippen molar-refractivity contribution in [2.45, 2.75) is 26.7 Å². The van der Waals surface area contributed by atoms with Gasteiger partial charge in [0.25, 0.3) is 0 Å². The zero-order valence-corrected chi connectivity index (χ0v) is 11.2. The van der Waals surface area contributed by atoms with Crippen LogP contribution in [0.1, 0.15) is 26.7 Å². The Morgan fingerprint density at radius 1 is 1.22 bits per heavy atom.